The Balaban J connectivity index is 1.79. The highest BCUT2D eigenvalue weighted by molar-refractivity contribution is 5.85. The van der Waals surface area contributed by atoms with Crippen LogP contribution < -0.4 is 11.1 Å². The van der Waals surface area contributed by atoms with Gasteiger partial charge in [-0.05, 0) is 49.9 Å². The van der Waals surface area contributed by atoms with E-state index in [-0.39, 0.29) is 5.91 Å². The fraction of sp³-hybridized carbons (Fsp3) is 0.941. The number of carbonyl (C=O) groups is 1. The molecule has 4 heteroatoms. The highest BCUT2D eigenvalue weighted by Crippen LogP contribution is 2.40. The highest BCUT2D eigenvalue weighted by Gasteiger charge is 2.49. The number of hydrogen-bond donors (Lipinski definition) is 2. The normalized spacial score (nSPS) is 29.8. The predicted molar refractivity (Wildman–Crippen MR) is 84.9 cm³/mol. The number of hydrogen-bond acceptors (Lipinski definition) is 3. The van der Waals surface area contributed by atoms with Crippen LogP contribution in [0.25, 0.3) is 0 Å². The number of primary amides is 1. The second kappa shape index (κ2) is 6.66. The first-order valence-corrected chi connectivity index (χ1v) is 8.49. The second-order valence-corrected chi connectivity index (χ2v) is 8.06. The Morgan fingerprint density at radius 2 is 2.00 bits per heavy atom. The summed E-state index contributed by atoms with van der Waals surface area (Å²) in [6, 6.07) is 0.514. The zero-order chi connectivity index (χ0) is 15.5. The van der Waals surface area contributed by atoms with E-state index in [0.717, 1.165) is 45.3 Å². The molecule has 0 radical (unpaired) electrons. The summed E-state index contributed by atoms with van der Waals surface area (Å²) in [6.07, 6.45) is 7.45. The van der Waals surface area contributed by atoms with Crippen molar-refractivity contribution >= 4 is 5.91 Å². The molecule has 1 amide bonds. The van der Waals surface area contributed by atoms with Crippen molar-refractivity contribution in [1.29, 1.82) is 0 Å². The molecular weight excluding hydrogens is 264 g/mol. The minimum absolute atomic E-state index is 0.161. The van der Waals surface area contributed by atoms with Gasteiger partial charge in [0.2, 0.25) is 5.91 Å². The van der Waals surface area contributed by atoms with Crippen LogP contribution in [0.15, 0.2) is 0 Å². The molecule has 0 spiro atoms. The maximum Gasteiger partial charge on any atom is 0.238 e. The molecule has 3 N–H and O–H groups in total. The number of nitrogens with two attached hydrogens (primary N) is 1. The minimum Gasteiger partial charge on any atom is -0.381 e. The standard InChI is InChI=1S/C17H32N2O2/c1-16(2,3)10-12-21-11-8-13-5-4-9-17(13,15(18)20)19-14-6-7-14/h13-14,19H,4-12H2,1-3H3,(H2,18,20). The summed E-state index contributed by atoms with van der Waals surface area (Å²) < 4.78 is 5.79. The van der Waals surface area contributed by atoms with Gasteiger partial charge in [-0.2, -0.15) is 0 Å². The zero-order valence-corrected chi connectivity index (χ0v) is 13.9. The van der Waals surface area contributed by atoms with Crippen molar-refractivity contribution in [1.82, 2.24) is 5.32 Å². The molecule has 0 aliphatic heterocycles. The van der Waals surface area contributed by atoms with Crippen LogP contribution in [-0.2, 0) is 9.53 Å². The van der Waals surface area contributed by atoms with Crippen LogP contribution in [0.1, 0.15) is 65.7 Å². The summed E-state index contributed by atoms with van der Waals surface area (Å²) in [4.78, 5) is 12.0. The van der Waals surface area contributed by atoms with Gasteiger partial charge in [0.05, 0.1) is 0 Å². The van der Waals surface area contributed by atoms with Crippen LogP contribution in [0.5, 0.6) is 0 Å². The molecule has 0 bridgehead atoms. The number of amides is 1. The number of ether oxygens (including phenoxy) is 1. The van der Waals surface area contributed by atoms with Gasteiger partial charge in [0.25, 0.3) is 0 Å². The summed E-state index contributed by atoms with van der Waals surface area (Å²) >= 11 is 0. The predicted octanol–water partition coefficient (Wildman–Crippen LogP) is 2.61. The molecule has 0 heterocycles. The van der Waals surface area contributed by atoms with Crippen molar-refractivity contribution in [2.75, 3.05) is 13.2 Å². The van der Waals surface area contributed by atoms with Crippen molar-refractivity contribution in [2.24, 2.45) is 17.1 Å². The molecule has 2 aliphatic rings. The average molecular weight is 296 g/mol. The maximum absolute atomic E-state index is 12.0. The zero-order valence-electron chi connectivity index (χ0n) is 13.9. The van der Waals surface area contributed by atoms with Gasteiger partial charge in [-0.25, -0.2) is 0 Å². The van der Waals surface area contributed by atoms with E-state index in [4.69, 9.17) is 10.5 Å². The lowest BCUT2D eigenvalue weighted by molar-refractivity contribution is -0.126. The van der Waals surface area contributed by atoms with Crippen LogP contribution in [0.2, 0.25) is 0 Å². The Labute approximate surface area is 129 Å². The molecule has 2 aliphatic carbocycles. The third-order valence-electron chi connectivity index (χ3n) is 4.91. The summed E-state index contributed by atoms with van der Waals surface area (Å²) in [5.41, 5.74) is 5.60. The molecule has 4 nitrogen and oxygen atoms in total. The van der Waals surface area contributed by atoms with Gasteiger partial charge in [-0.15, -0.1) is 0 Å². The molecular formula is C17H32N2O2. The van der Waals surface area contributed by atoms with E-state index < -0.39 is 5.54 Å². The molecule has 2 fully saturated rings. The quantitative estimate of drug-likeness (QED) is 0.677. The van der Waals surface area contributed by atoms with Crippen molar-refractivity contribution in [2.45, 2.75) is 77.3 Å². The number of rotatable bonds is 8. The largest absolute Gasteiger partial charge is 0.381 e. The van der Waals surface area contributed by atoms with Gasteiger partial charge in [0, 0.05) is 19.3 Å². The van der Waals surface area contributed by atoms with Crippen molar-refractivity contribution in [3.05, 3.63) is 0 Å². The van der Waals surface area contributed by atoms with Crippen molar-refractivity contribution in [3.63, 3.8) is 0 Å². The molecule has 2 rings (SSSR count). The first-order chi connectivity index (χ1) is 9.83. The Morgan fingerprint density at radius 3 is 2.57 bits per heavy atom. The Kier molecular flexibility index (Phi) is 5.31. The van der Waals surface area contributed by atoms with Gasteiger partial charge in [0.1, 0.15) is 5.54 Å². The van der Waals surface area contributed by atoms with E-state index in [1.807, 2.05) is 0 Å². The molecule has 0 aromatic rings. The fourth-order valence-electron chi connectivity index (χ4n) is 3.35. The summed E-state index contributed by atoms with van der Waals surface area (Å²) in [7, 11) is 0. The van der Waals surface area contributed by atoms with Crippen LogP contribution in [0.3, 0.4) is 0 Å². The van der Waals surface area contributed by atoms with Gasteiger partial charge >= 0.3 is 0 Å². The number of carbonyl (C=O) groups excluding carboxylic acids is 1. The molecule has 0 aromatic carbocycles. The third kappa shape index (κ3) is 4.68. The van der Waals surface area contributed by atoms with Crippen molar-refractivity contribution < 1.29 is 9.53 Å². The lowest BCUT2D eigenvalue weighted by Crippen LogP contribution is -2.58. The molecule has 2 unspecified atom stereocenters. The monoisotopic (exact) mass is 296 g/mol. The SMILES string of the molecule is CC(C)(C)CCOCCC1CCCC1(NC1CC1)C(N)=O. The molecule has 122 valence electrons. The number of nitrogens with one attached hydrogen (secondary N) is 1. The molecule has 0 saturated heterocycles. The summed E-state index contributed by atoms with van der Waals surface area (Å²) in [6.45, 7) is 8.22. The first kappa shape index (κ1) is 16.8. The highest BCUT2D eigenvalue weighted by atomic mass is 16.5. The first-order valence-electron chi connectivity index (χ1n) is 8.49. The van der Waals surface area contributed by atoms with Gasteiger partial charge in [-0.1, -0.05) is 27.2 Å². The average Bonchev–Trinajstić information content (AvgIpc) is 3.08. The van der Waals surface area contributed by atoms with Gasteiger partial charge in [0.15, 0.2) is 0 Å². The Morgan fingerprint density at radius 1 is 1.29 bits per heavy atom. The van der Waals surface area contributed by atoms with Crippen LogP contribution in [0, 0.1) is 11.3 Å². The van der Waals surface area contributed by atoms with Crippen LogP contribution in [0.4, 0.5) is 0 Å². The van der Waals surface area contributed by atoms with E-state index in [0.29, 0.717) is 17.4 Å². The molecule has 0 aromatic heterocycles. The minimum atomic E-state index is -0.464. The van der Waals surface area contributed by atoms with E-state index in [9.17, 15) is 4.79 Å². The summed E-state index contributed by atoms with van der Waals surface area (Å²) in [5, 5.41) is 3.55. The third-order valence-corrected chi connectivity index (χ3v) is 4.91. The fourth-order valence-corrected chi connectivity index (χ4v) is 3.35. The van der Waals surface area contributed by atoms with Crippen LogP contribution >= 0.6 is 0 Å². The summed E-state index contributed by atoms with van der Waals surface area (Å²) in [5.74, 6) is 0.178. The Bertz CT molecular complexity index is 360. The van der Waals surface area contributed by atoms with E-state index in [1.54, 1.807) is 0 Å². The lowest BCUT2D eigenvalue weighted by atomic mass is 9.84. The van der Waals surface area contributed by atoms with Crippen molar-refractivity contribution in [3.8, 4) is 0 Å². The van der Waals surface area contributed by atoms with E-state index in [2.05, 4.69) is 26.1 Å². The smallest absolute Gasteiger partial charge is 0.238 e. The second-order valence-electron chi connectivity index (χ2n) is 8.06. The molecule has 2 saturated carbocycles. The topological polar surface area (TPSA) is 64.3 Å². The maximum atomic E-state index is 12.0. The molecule has 21 heavy (non-hydrogen) atoms. The molecule has 2 atom stereocenters. The van der Waals surface area contributed by atoms with E-state index >= 15 is 0 Å². The van der Waals surface area contributed by atoms with Gasteiger partial charge < -0.3 is 15.8 Å². The lowest BCUT2D eigenvalue weighted by Gasteiger charge is -2.34. The van der Waals surface area contributed by atoms with E-state index in [1.165, 1.54) is 12.8 Å². The van der Waals surface area contributed by atoms with Crippen LogP contribution in [-0.4, -0.2) is 30.7 Å². The van der Waals surface area contributed by atoms with Gasteiger partial charge in [-0.3, -0.25) is 4.79 Å². The Hall–Kier alpha value is -0.610.